The third kappa shape index (κ3) is 4.87. The molecule has 0 aromatic heterocycles. The highest BCUT2D eigenvalue weighted by Crippen LogP contribution is 2.23. The molecule has 0 radical (unpaired) electrons. The highest BCUT2D eigenvalue weighted by molar-refractivity contribution is 6.42. The Balaban J connectivity index is 1.79. The SMILES string of the molecule is O=C(COC(=O)/C=C/c1ccc(Cl)c(Cl)c1)NC1CC1. The van der Waals surface area contributed by atoms with Crippen LogP contribution in [0.2, 0.25) is 10.0 Å². The molecule has 0 aliphatic heterocycles. The number of ether oxygens (including phenoxy) is 1. The van der Waals surface area contributed by atoms with E-state index in [2.05, 4.69) is 5.32 Å². The number of hydrogen-bond donors (Lipinski definition) is 1. The summed E-state index contributed by atoms with van der Waals surface area (Å²) in [7, 11) is 0. The highest BCUT2D eigenvalue weighted by Gasteiger charge is 2.23. The first-order valence-corrected chi connectivity index (χ1v) is 6.89. The van der Waals surface area contributed by atoms with Crippen LogP contribution in [0.15, 0.2) is 24.3 Å². The molecule has 1 fully saturated rings. The van der Waals surface area contributed by atoms with Crippen LogP contribution in [0.3, 0.4) is 0 Å². The van der Waals surface area contributed by atoms with E-state index >= 15 is 0 Å². The van der Waals surface area contributed by atoms with Gasteiger partial charge in [0, 0.05) is 12.1 Å². The molecule has 1 aromatic carbocycles. The van der Waals surface area contributed by atoms with Crippen molar-refractivity contribution in [1.82, 2.24) is 5.32 Å². The molecule has 0 unspecified atom stereocenters. The summed E-state index contributed by atoms with van der Waals surface area (Å²) < 4.78 is 4.81. The lowest BCUT2D eigenvalue weighted by atomic mass is 10.2. The van der Waals surface area contributed by atoms with E-state index in [0.29, 0.717) is 10.0 Å². The van der Waals surface area contributed by atoms with Crippen LogP contribution >= 0.6 is 23.2 Å². The topological polar surface area (TPSA) is 55.4 Å². The minimum Gasteiger partial charge on any atom is -0.452 e. The zero-order valence-corrected chi connectivity index (χ0v) is 12.1. The first kappa shape index (κ1) is 14.9. The molecule has 6 heteroatoms. The van der Waals surface area contributed by atoms with Crippen molar-refractivity contribution in [2.75, 3.05) is 6.61 Å². The Kier molecular flexibility index (Phi) is 5.04. The molecule has 1 aromatic rings. The molecule has 1 saturated carbocycles. The van der Waals surface area contributed by atoms with E-state index in [1.807, 2.05) is 0 Å². The Labute approximate surface area is 126 Å². The van der Waals surface area contributed by atoms with Crippen LogP contribution < -0.4 is 5.32 Å². The van der Waals surface area contributed by atoms with Crippen molar-refractivity contribution in [2.24, 2.45) is 0 Å². The Hall–Kier alpha value is -1.52. The Bertz CT molecular complexity index is 553. The molecular weight excluding hydrogens is 301 g/mol. The Morgan fingerprint density at radius 2 is 2.05 bits per heavy atom. The third-order valence-corrected chi connectivity index (χ3v) is 3.38. The van der Waals surface area contributed by atoms with E-state index in [1.165, 1.54) is 6.08 Å². The van der Waals surface area contributed by atoms with Crippen LogP contribution in [0.25, 0.3) is 6.08 Å². The van der Waals surface area contributed by atoms with Gasteiger partial charge < -0.3 is 10.1 Å². The summed E-state index contributed by atoms with van der Waals surface area (Å²) in [4.78, 5) is 22.7. The summed E-state index contributed by atoms with van der Waals surface area (Å²) in [5.41, 5.74) is 0.721. The van der Waals surface area contributed by atoms with Gasteiger partial charge in [0.25, 0.3) is 5.91 Å². The van der Waals surface area contributed by atoms with Crippen LogP contribution in [0.4, 0.5) is 0 Å². The van der Waals surface area contributed by atoms with E-state index in [9.17, 15) is 9.59 Å². The van der Waals surface area contributed by atoms with Gasteiger partial charge in [0.1, 0.15) is 0 Å². The first-order chi connectivity index (χ1) is 9.54. The zero-order valence-electron chi connectivity index (χ0n) is 10.6. The molecule has 2 rings (SSSR count). The van der Waals surface area contributed by atoms with Gasteiger partial charge in [-0.1, -0.05) is 29.3 Å². The minimum absolute atomic E-state index is 0.257. The van der Waals surface area contributed by atoms with Crippen molar-refractivity contribution < 1.29 is 14.3 Å². The predicted molar refractivity (Wildman–Crippen MR) is 77.6 cm³/mol. The molecule has 1 amide bonds. The van der Waals surface area contributed by atoms with E-state index < -0.39 is 5.97 Å². The fourth-order valence-electron chi connectivity index (χ4n) is 1.46. The Morgan fingerprint density at radius 1 is 1.30 bits per heavy atom. The second-order valence-corrected chi connectivity index (χ2v) is 5.27. The maximum absolute atomic E-state index is 11.4. The number of hydrogen-bond acceptors (Lipinski definition) is 3. The van der Waals surface area contributed by atoms with Crippen LogP contribution in [0.1, 0.15) is 18.4 Å². The van der Waals surface area contributed by atoms with Crippen molar-refractivity contribution in [3.05, 3.63) is 39.9 Å². The van der Waals surface area contributed by atoms with Crippen LogP contribution in [-0.2, 0) is 14.3 Å². The maximum atomic E-state index is 11.4. The largest absolute Gasteiger partial charge is 0.452 e. The summed E-state index contributed by atoms with van der Waals surface area (Å²) in [6, 6.07) is 5.25. The van der Waals surface area contributed by atoms with Gasteiger partial charge in [-0.15, -0.1) is 0 Å². The number of carbonyl (C=O) groups excluding carboxylic acids is 2. The molecule has 0 atom stereocenters. The molecule has 1 aliphatic rings. The van der Waals surface area contributed by atoms with Crippen molar-refractivity contribution in [2.45, 2.75) is 18.9 Å². The van der Waals surface area contributed by atoms with Gasteiger partial charge in [0.15, 0.2) is 6.61 Å². The standard InChI is InChI=1S/C14H13Cl2NO3/c15-11-5-1-9(7-12(11)16)2-6-14(19)20-8-13(18)17-10-3-4-10/h1-2,5-7,10H,3-4,8H2,(H,17,18)/b6-2+. The summed E-state index contributed by atoms with van der Waals surface area (Å²) in [6.45, 7) is -0.263. The Morgan fingerprint density at radius 3 is 2.70 bits per heavy atom. The number of benzene rings is 1. The lowest BCUT2D eigenvalue weighted by Gasteiger charge is -2.03. The quantitative estimate of drug-likeness (QED) is 0.671. The summed E-state index contributed by atoms with van der Waals surface area (Å²) >= 11 is 11.6. The second kappa shape index (κ2) is 6.77. The second-order valence-electron chi connectivity index (χ2n) is 4.46. The van der Waals surface area contributed by atoms with E-state index in [0.717, 1.165) is 18.4 Å². The lowest BCUT2D eigenvalue weighted by molar-refractivity contribution is -0.143. The van der Waals surface area contributed by atoms with Crippen molar-refractivity contribution >= 4 is 41.2 Å². The highest BCUT2D eigenvalue weighted by atomic mass is 35.5. The van der Waals surface area contributed by atoms with E-state index in [4.69, 9.17) is 27.9 Å². The van der Waals surface area contributed by atoms with E-state index in [-0.39, 0.29) is 18.6 Å². The van der Waals surface area contributed by atoms with Crippen molar-refractivity contribution in [3.8, 4) is 0 Å². The first-order valence-electron chi connectivity index (χ1n) is 6.14. The fraction of sp³-hybridized carbons (Fsp3) is 0.286. The van der Waals surface area contributed by atoms with Crippen molar-refractivity contribution in [3.63, 3.8) is 0 Å². The molecule has 106 valence electrons. The lowest BCUT2D eigenvalue weighted by Crippen LogP contribution is -2.30. The number of carbonyl (C=O) groups is 2. The summed E-state index contributed by atoms with van der Waals surface area (Å²) in [5.74, 6) is -0.856. The van der Waals surface area contributed by atoms with Crippen molar-refractivity contribution in [1.29, 1.82) is 0 Å². The number of esters is 1. The summed E-state index contributed by atoms with van der Waals surface area (Å²) in [5, 5.41) is 3.58. The number of halogens is 2. The average molecular weight is 314 g/mol. The molecule has 0 bridgehead atoms. The molecule has 1 aliphatic carbocycles. The molecule has 0 saturated heterocycles. The van der Waals surface area contributed by atoms with Gasteiger partial charge in [-0.2, -0.15) is 0 Å². The van der Waals surface area contributed by atoms with Crippen LogP contribution in [0, 0.1) is 0 Å². The molecule has 0 heterocycles. The monoisotopic (exact) mass is 313 g/mol. The van der Waals surface area contributed by atoms with Gasteiger partial charge in [0.05, 0.1) is 10.0 Å². The zero-order chi connectivity index (χ0) is 14.5. The third-order valence-electron chi connectivity index (χ3n) is 2.64. The number of rotatable bonds is 5. The van der Waals surface area contributed by atoms with Crippen LogP contribution in [0.5, 0.6) is 0 Å². The van der Waals surface area contributed by atoms with Gasteiger partial charge in [-0.05, 0) is 36.6 Å². The number of amides is 1. The maximum Gasteiger partial charge on any atom is 0.331 e. The average Bonchev–Trinajstić information content (AvgIpc) is 3.21. The molecule has 4 nitrogen and oxygen atoms in total. The van der Waals surface area contributed by atoms with Gasteiger partial charge in [-0.3, -0.25) is 4.79 Å². The predicted octanol–water partition coefficient (Wildman–Crippen LogP) is 2.83. The fourth-order valence-corrected chi connectivity index (χ4v) is 1.77. The molecule has 20 heavy (non-hydrogen) atoms. The molecule has 0 spiro atoms. The van der Waals surface area contributed by atoms with Crippen LogP contribution in [-0.4, -0.2) is 24.5 Å². The van der Waals surface area contributed by atoms with Gasteiger partial charge >= 0.3 is 5.97 Å². The number of nitrogens with one attached hydrogen (secondary N) is 1. The normalized spacial score (nSPS) is 14.3. The van der Waals surface area contributed by atoms with E-state index in [1.54, 1.807) is 24.3 Å². The van der Waals surface area contributed by atoms with Gasteiger partial charge in [0.2, 0.25) is 0 Å². The minimum atomic E-state index is -0.581. The molecular formula is C14H13Cl2NO3. The smallest absolute Gasteiger partial charge is 0.331 e. The molecule has 1 N–H and O–H groups in total. The van der Waals surface area contributed by atoms with Gasteiger partial charge in [-0.25, -0.2) is 4.79 Å². The summed E-state index contributed by atoms with van der Waals surface area (Å²) in [6.07, 6.45) is 4.78.